The zero-order valence-electron chi connectivity index (χ0n) is 15.4. The van der Waals surface area contributed by atoms with Crippen molar-refractivity contribution >= 4 is 16.9 Å². The lowest BCUT2D eigenvalue weighted by molar-refractivity contribution is 0.246. The van der Waals surface area contributed by atoms with Crippen LogP contribution < -0.4 is 10.5 Å². The fraction of sp³-hybridized carbons (Fsp3) is 0.300. The fourth-order valence-electron chi connectivity index (χ4n) is 3.39. The van der Waals surface area contributed by atoms with E-state index in [2.05, 4.69) is 30.8 Å². The van der Waals surface area contributed by atoms with E-state index >= 15 is 0 Å². The Morgan fingerprint density at radius 3 is 2.68 bits per heavy atom. The second-order valence-corrected chi connectivity index (χ2v) is 6.86. The summed E-state index contributed by atoms with van der Waals surface area (Å²) in [4.78, 5) is 27.2. The highest BCUT2D eigenvalue weighted by Crippen LogP contribution is 2.20. The molecule has 0 radical (unpaired) electrons. The predicted octanol–water partition coefficient (Wildman–Crippen LogP) is 1.96. The van der Waals surface area contributed by atoms with E-state index in [9.17, 15) is 9.18 Å². The molecular weight excluding hydrogens is 359 g/mol. The van der Waals surface area contributed by atoms with Gasteiger partial charge in [0.1, 0.15) is 23.1 Å². The van der Waals surface area contributed by atoms with E-state index in [0.717, 1.165) is 32.0 Å². The van der Waals surface area contributed by atoms with Crippen molar-refractivity contribution in [3.05, 3.63) is 63.5 Å². The molecule has 8 heteroatoms. The number of aryl methyl sites for hydroxylation is 1. The summed E-state index contributed by atoms with van der Waals surface area (Å²) in [6.07, 6.45) is 1.57. The zero-order valence-corrected chi connectivity index (χ0v) is 15.4. The Morgan fingerprint density at radius 1 is 1.21 bits per heavy atom. The van der Waals surface area contributed by atoms with Gasteiger partial charge in [-0.1, -0.05) is 6.07 Å². The topological polar surface area (TPSA) is 88.9 Å². The van der Waals surface area contributed by atoms with Crippen molar-refractivity contribution in [2.45, 2.75) is 13.5 Å². The van der Waals surface area contributed by atoms with Crippen LogP contribution in [0.5, 0.6) is 0 Å². The van der Waals surface area contributed by atoms with Gasteiger partial charge >= 0.3 is 0 Å². The van der Waals surface area contributed by atoms with Gasteiger partial charge in [-0.25, -0.2) is 14.4 Å². The summed E-state index contributed by atoms with van der Waals surface area (Å²) in [5.41, 5.74) is 1.65. The molecule has 2 aromatic heterocycles. The van der Waals surface area contributed by atoms with E-state index in [1.54, 1.807) is 31.3 Å². The number of pyridine rings is 1. The number of aromatic nitrogens is 3. The number of hydrogen-bond donors (Lipinski definition) is 1. The van der Waals surface area contributed by atoms with Crippen LogP contribution in [0.15, 0.2) is 35.3 Å². The maximum Gasteiger partial charge on any atom is 0.269 e. The summed E-state index contributed by atoms with van der Waals surface area (Å²) in [6, 6.07) is 9.15. The van der Waals surface area contributed by atoms with Crippen molar-refractivity contribution in [2.24, 2.45) is 0 Å². The van der Waals surface area contributed by atoms with Gasteiger partial charge in [0.25, 0.3) is 5.56 Å². The molecule has 1 saturated heterocycles. The number of fused-ring (bicyclic) bond motifs is 1. The van der Waals surface area contributed by atoms with E-state index < -0.39 is 5.82 Å². The molecule has 0 amide bonds. The van der Waals surface area contributed by atoms with Crippen molar-refractivity contribution in [3.8, 4) is 6.07 Å². The van der Waals surface area contributed by atoms with E-state index in [4.69, 9.17) is 5.26 Å². The fourth-order valence-corrected chi connectivity index (χ4v) is 3.39. The number of H-pyrrole nitrogens is 1. The Balaban J connectivity index is 1.46. The Bertz CT molecular complexity index is 1110. The van der Waals surface area contributed by atoms with Crippen LogP contribution in [0.2, 0.25) is 0 Å². The number of nitriles is 1. The minimum absolute atomic E-state index is 0.161. The van der Waals surface area contributed by atoms with Gasteiger partial charge in [-0.2, -0.15) is 5.26 Å². The second-order valence-electron chi connectivity index (χ2n) is 6.86. The average molecular weight is 378 g/mol. The molecule has 4 rings (SSSR count). The summed E-state index contributed by atoms with van der Waals surface area (Å²) in [5, 5.41) is 8.87. The van der Waals surface area contributed by atoms with Crippen LogP contribution >= 0.6 is 0 Å². The van der Waals surface area contributed by atoms with Crippen LogP contribution in [0.1, 0.15) is 16.8 Å². The number of nitrogens with one attached hydrogen (secondary N) is 1. The largest absolute Gasteiger partial charge is 0.354 e. The Morgan fingerprint density at radius 2 is 2.00 bits per heavy atom. The summed E-state index contributed by atoms with van der Waals surface area (Å²) in [6.45, 7) is 5.14. The van der Waals surface area contributed by atoms with Crippen molar-refractivity contribution in [1.82, 2.24) is 19.9 Å². The van der Waals surface area contributed by atoms with Gasteiger partial charge in [0.05, 0.1) is 11.1 Å². The molecule has 0 aliphatic carbocycles. The molecule has 0 bridgehead atoms. The number of nitrogens with zero attached hydrogens (tertiary/aromatic N) is 5. The minimum Gasteiger partial charge on any atom is -0.354 e. The highest BCUT2D eigenvalue weighted by atomic mass is 19.1. The van der Waals surface area contributed by atoms with E-state index in [1.165, 1.54) is 0 Å². The number of aromatic amines is 1. The first-order chi connectivity index (χ1) is 13.5. The Kier molecular flexibility index (Phi) is 4.75. The van der Waals surface area contributed by atoms with Crippen LogP contribution in [-0.2, 0) is 6.54 Å². The number of halogens is 1. The van der Waals surface area contributed by atoms with E-state index in [1.807, 2.05) is 6.07 Å². The highest BCUT2D eigenvalue weighted by Gasteiger charge is 2.20. The lowest BCUT2D eigenvalue weighted by atomic mass is 10.1. The first-order valence-electron chi connectivity index (χ1n) is 9.06. The molecule has 0 saturated carbocycles. The van der Waals surface area contributed by atoms with E-state index in [-0.39, 0.29) is 11.1 Å². The molecule has 1 fully saturated rings. The molecule has 1 aliphatic heterocycles. The van der Waals surface area contributed by atoms with Crippen molar-refractivity contribution in [1.29, 1.82) is 5.26 Å². The lowest BCUT2D eigenvalue weighted by Gasteiger charge is -2.35. The summed E-state index contributed by atoms with van der Waals surface area (Å²) >= 11 is 0. The summed E-state index contributed by atoms with van der Waals surface area (Å²) in [7, 11) is 0. The van der Waals surface area contributed by atoms with Gasteiger partial charge in [-0.15, -0.1) is 0 Å². The average Bonchev–Trinajstić information content (AvgIpc) is 2.72. The molecule has 7 nitrogen and oxygen atoms in total. The standard InChI is InChI=1S/C20H19FN6O/c1-13-20(28)25-19-16(24-13)4-3-15(18(19)21)12-26-6-8-27(9-7-26)17-5-2-14(10-22)11-23-17/h2-5,11H,6-9,12H2,1H3,(H,25,28). The third kappa shape index (κ3) is 3.44. The van der Waals surface area contributed by atoms with Crippen LogP contribution in [0.4, 0.5) is 10.2 Å². The second kappa shape index (κ2) is 7.37. The molecular formula is C20H19FN6O. The first-order valence-corrected chi connectivity index (χ1v) is 9.06. The van der Waals surface area contributed by atoms with Gasteiger partial charge in [0, 0.05) is 44.5 Å². The zero-order chi connectivity index (χ0) is 19.7. The summed E-state index contributed by atoms with van der Waals surface area (Å²) < 4.78 is 14.9. The molecule has 1 aromatic carbocycles. The molecule has 1 aliphatic rings. The first kappa shape index (κ1) is 18.1. The Hall–Kier alpha value is -3.31. The van der Waals surface area contributed by atoms with Gasteiger partial charge < -0.3 is 9.88 Å². The number of hydrogen-bond acceptors (Lipinski definition) is 6. The van der Waals surface area contributed by atoms with E-state index in [0.29, 0.717) is 28.9 Å². The van der Waals surface area contributed by atoms with Gasteiger partial charge in [0.15, 0.2) is 5.82 Å². The predicted molar refractivity (Wildman–Crippen MR) is 104 cm³/mol. The number of benzene rings is 1. The minimum atomic E-state index is -0.418. The normalized spacial score (nSPS) is 15.0. The molecule has 0 unspecified atom stereocenters. The number of rotatable bonds is 3. The summed E-state index contributed by atoms with van der Waals surface area (Å²) in [5.74, 6) is 0.424. The third-order valence-corrected chi connectivity index (χ3v) is 5.02. The smallest absolute Gasteiger partial charge is 0.269 e. The van der Waals surface area contributed by atoms with Crippen LogP contribution in [-0.4, -0.2) is 46.0 Å². The molecule has 142 valence electrons. The molecule has 1 N–H and O–H groups in total. The maximum absolute atomic E-state index is 14.9. The van der Waals surface area contributed by atoms with Gasteiger partial charge in [-0.3, -0.25) is 9.69 Å². The monoisotopic (exact) mass is 378 g/mol. The third-order valence-electron chi connectivity index (χ3n) is 5.02. The molecule has 3 heterocycles. The van der Waals surface area contributed by atoms with Gasteiger partial charge in [0.2, 0.25) is 0 Å². The number of piperazine rings is 1. The van der Waals surface area contributed by atoms with Crippen molar-refractivity contribution in [2.75, 3.05) is 31.1 Å². The molecule has 0 atom stereocenters. The van der Waals surface area contributed by atoms with Crippen molar-refractivity contribution in [3.63, 3.8) is 0 Å². The van der Waals surface area contributed by atoms with Crippen molar-refractivity contribution < 1.29 is 4.39 Å². The molecule has 3 aromatic rings. The van der Waals surface area contributed by atoms with Crippen LogP contribution in [0.25, 0.3) is 11.0 Å². The SMILES string of the molecule is Cc1nc2ccc(CN3CCN(c4ccc(C#N)cn4)CC3)c(F)c2[nH]c1=O. The molecule has 0 spiro atoms. The molecule has 28 heavy (non-hydrogen) atoms. The lowest BCUT2D eigenvalue weighted by Crippen LogP contribution is -2.46. The highest BCUT2D eigenvalue weighted by molar-refractivity contribution is 5.75. The Labute approximate surface area is 161 Å². The van der Waals surface area contributed by atoms with Crippen LogP contribution in [0.3, 0.4) is 0 Å². The maximum atomic E-state index is 14.9. The van der Waals surface area contributed by atoms with Gasteiger partial charge in [-0.05, 0) is 25.1 Å². The van der Waals surface area contributed by atoms with Crippen LogP contribution in [0, 0.1) is 24.1 Å². The quantitative estimate of drug-likeness (QED) is 0.750. The number of anilines is 1.